The van der Waals surface area contributed by atoms with Crippen molar-refractivity contribution in [2.24, 2.45) is 11.8 Å². The summed E-state index contributed by atoms with van der Waals surface area (Å²) in [6, 6.07) is 12.1. The van der Waals surface area contributed by atoms with Gasteiger partial charge in [-0.2, -0.15) is 0 Å². The Hall–Kier alpha value is -2.28. The summed E-state index contributed by atoms with van der Waals surface area (Å²) >= 11 is 13.4. The molecule has 0 saturated carbocycles. The molecule has 2 aromatic rings. The molecular formula is C22H18Cl2N2O3S. The van der Waals surface area contributed by atoms with Crippen LogP contribution in [0.15, 0.2) is 59.5 Å². The van der Waals surface area contributed by atoms with Gasteiger partial charge in [-0.3, -0.25) is 19.3 Å². The van der Waals surface area contributed by atoms with Gasteiger partial charge in [-0.15, -0.1) is 11.8 Å². The number of carbonyl (C=O) groups is 3. The van der Waals surface area contributed by atoms with Crippen molar-refractivity contribution in [3.63, 3.8) is 0 Å². The monoisotopic (exact) mass is 460 g/mol. The lowest BCUT2D eigenvalue weighted by molar-refractivity contribution is -0.122. The number of allylic oxidation sites excluding steroid dienone is 2. The molecule has 1 heterocycles. The molecule has 5 nitrogen and oxygen atoms in total. The van der Waals surface area contributed by atoms with E-state index in [1.807, 2.05) is 12.2 Å². The minimum atomic E-state index is -0.251. The predicted molar refractivity (Wildman–Crippen MR) is 120 cm³/mol. The number of benzene rings is 2. The molecule has 8 heteroatoms. The number of fused-ring (bicyclic) bond motifs is 1. The third-order valence-electron chi connectivity index (χ3n) is 5.20. The first kappa shape index (κ1) is 21.0. The van der Waals surface area contributed by atoms with Crippen LogP contribution in [0.25, 0.3) is 0 Å². The zero-order valence-electron chi connectivity index (χ0n) is 15.8. The van der Waals surface area contributed by atoms with Crippen LogP contribution in [-0.2, 0) is 14.4 Å². The largest absolute Gasteiger partial charge is 0.324 e. The number of nitrogens with one attached hydrogen (secondary N) is 1. The lowest BCUT2D eigenvalue weighted by Gasteiger charge is -2.15. The fourth-order valence-electron chi connectivity index (χ4n) is 3.68. The van der Waals surface area contributed by atoms with Gasteiger partial charge in [-0.25, -0.2) is 0 Å². The SMILES string of the molecule is O=C(CSc1ccc(N2C(=O)[C@H]3CC=CC[C@@H]3C2=O)cc1)Nc1cccc(Cl)c1Cl. The van der Waals surface area contributed by atoms with E-state index in [9.17, 15) is 14.4 Å². The molecule has 1 saturated heterocycles. The highest BCUT2D eigenvalue weighted by Crippen LogP contribution is 2.38. The standard InChI is InChI=1S/C22H18Cl2N2O3S/c23-17-6-3-7-18(20(17)24)25-19(27)12-30-14-10-8-13(9-11-14)26-21(28)15-4-1-2-5-16(15)22(26)29/h1-3,6-11,15-16H,4-5,12H2,(H,25,27)/t15-,16-/m0/s1. The molecule has 154 valence electrons. The van der Waals surface area contributed by atoms with Crippen LogP contribution in [0.1, 0.15) is 12.8 Å². The number of nitrogens with zero attached hydrogens (tertiary/aromatic N) is 1. The number of thioether (sulfide) groups is 1. The number of carbonyl (C=O) groups excluding carboxylic acids is 3. The molecule has 0 unspecified atom stereocenters. The van der Waals surface area contributed by atoms with Crippen LogP contribution < -0.4 is 10.2 Å². The molecule has 1 aliphatic heterocycles. The fraction of sp³-hybridized carbons (Fsp3) is 0.227. The highest BCUT2D eigenvalue weighted by atomic mass is 35.5. The molecule has 2 atom stereocenters. The Kier molecular flexibility index (Phi) is 6.18. The average Bonchev–Trinajstić information content (AvgIpc) is 3.01. The molecule has 1 aliphatic carbocycles. The van der Waals surface area contributed by atoms with E-state index in [2.05, 4.69) is 5.32 Å². The Morgan fingerprint density at radius 3 is 2.27 bits per heavy atom. The Bertz CT molecular complexity index is 1010. The summed E-state index contributed by atoms with van der Waals surface area (Å²) in [7, 11) is 0. The summed E-state index contributed by atoms with van der Waals surface area (Å²) in [6.07, 6.45) is 5.17. The third-order valence-corrected chi connectivity index (χ3v) is 7.03. The van der Waals surface area contributed by atoms with Gasteiger partial charge in [0.05, 0.1) is 39.0 Å². The van der Waals surface area contributed by atoms with E-state index in [0.29, 0.717) is 34.3 Å². The van der Waals surface area contributed by atoms with Gasteiger partial charge in [0, 0.05) is 4.90 Å². The van der Waals surface area contributed by atoms with Crippen LogP contribution in [0.2, 0.25) is 10.0 Å². The third kappa shape index (κ3) is 4.13. The minimum absolute atomic E-state index is 0.132. The normalized spacial score (nSPS) is 20.4. The van der Waals surface area contributed by atoms with E-state index >= 15 is 0 Å². The van der Waals surface area contributed by atoms with Crippen molar-refractivity contribution in [1.82, 2.24) is 0 Å². The summed E-state index contributed by atoms with van der Waals surface area (Å²) in [4.78, 5) is 39.7. The highest BCUT2D eigenvalue weighted by Gasteiger charge is 2.47. The summed E-state index contributed by atoms with van der Waals surface area (Å²) in [5, 5.41) is 3.42. The Morgan fingerprint density at radius 1 is 1.00 bits per heavy atom. The topological polar surface area (TPSA) is 66.5 Å². The summed E-state index contributed by atoms with van der Waals surface area (Å²) < 4.78 is 0. The van der Waals surface area contributed by atoms with E-state index in [0.717, 1.165) is 4.90 Å². The molecule has 0 radical (unpaired) electrons. The lowest BCUT2D eigenvalue weighted by atomic mass is 9.85. The molecule has 0 spiro atoms. The van der Waals surface area contributed by atoms with Gasteiger partial charge < -0.3 is 5.32 Å². The summed E-state index contributed by atoms with van der Waals surface area (Å²) in [6.45, 7) is 0. The Labute approximate surface area is 188 Å². The van der Waals surface area contributed by atoms with E-state index in [1.165, 1.54) is 16.7 Å². The van der Waals surface area contributed by atoms with E-state index in [-0.39, 0.29) is 35.3 Å². The predicted octanol–water partition coefficient (Wildman–Crippen LogP) is 5.18. The Balaban J connectivity index is 1.37. The van der Waals surface area contributed by atoms with Crippen LogP contribution in [-0.4, -0.2) is 23.5 Å². The molecular weight excluding hydrogens is 443 g/mol. The van der Waals surface area contributed by atoms with Crippen LogP contribution in [0.5, 0.6) is 0 Å². The number of hydrogen-bond donors (Lipinski definition) is 1. The molecule has 3 amide bonds. The number of rotatable bonds is 5. The van der Waals surface area contributed by atoms with Gasteiger partial charge in [-0.1, -0.05) is 41.4 Å². The number of hydrogen-bond acceptors (Lipinski definition) is 4. The van der Waals surface area contributed by atoms with Crippen molar-refractivity contribution >= 4 is 64.1 Å². The van der Waals surface area contributed by atoms with Gasteiger partial charge in [-0.05, 0) is 49.2 Å². The Morgan fingerprint density at radius 2 is 1.63 bits per heavy atom. The maximum Gasteiger partial charge on any atom is 0.238 e. The molecule has 2 aliphatic rings. The second kappa shape index (κ2) is 8.84. The van der Waals surface area contributed by atoms with Crippen molar-refractivity contribution in [2.45, 2.75) is 17.7 Å². The number of anilines is 2. The van der Waals surface area contributed by atoms with E-state index in [4.69, 9.17) is 23.2 Å². The number of amides is 3. The average molecular weight is 461 g/mol. The van der Waals surface area contributed by atoms with E-state index < -0.39 is 0 Å². The van der Waals surface area contributed by atoms with Gasteiger partial charge >= 0.3 is 0 Å². The van der Waals surface area contributed by atoms with Crippen molar-refractivity contribution in [3.05, 3.63) is 64.7 Å². The zero-order chi connectivity index (χ0) is 21.3. The molecule has 1 N–H and O–H groups in total. The molecule has 2 aromatic carbocycles. The fourth-order valence-corrected chi connectivity index (χ4v) is 4.73. The van der Waals surface area contributed by atoms with Crippen LogP contribution in [0, 0.1) is 11.8 Å². The maximum absolute atomic E-state index is 12.7. The van der Waals surface area contributed by atoms with E-state index in [1.54, 1.807) is 42.5 Å². The quantitative estimate of drug-likeness (QED) is 0.379. The molecule has 4 rings (SSSR count). The molecule has 30 heavy (non-hydrogen) atoms. The van der Waals surface area contributed by atoms with Crippen molar-refractivity contribution in [2.75, 3.05) is 16.0 Å². The zero-order valence-corrected chi connectivity index (χ0v) is 18.1. The molecule has 1 fully saturated rings. The van der Waals surface area contributed by atoms with Crippen molar-refractivity contribution < 1.29 is 14.4 Å². The summed E-state index contributed by atoms with van der Waals surface area (Å²) in [5.74, 6) is -0.800. The summed E-state index contributed by atoms with van der Waals surface area (Å²) in [5.41, 5.74) is 1.03. The minimum Gasteiger partial charge on any atom is -0.324 e. The second-order valence-corrected chi connectivity index (χ2v) is 8.93. The van der Waals surface area contributed by atoms with Crippen LogP contribution >= 0.6 is 35.0 Å². The van der Waals surface area contributed by atoms with Crippen LogP contribution in [0.4, 0.5) is 11.4 Å². The first-order valence-electron chi connectivity index (χ1n) is 9.45. The molecule has 0 aromatic heterocycles. The van der Waals surface area contributed by atoms with Gasteiger partial charge in [0.15, 0.2) is 0 Å². The van der Waals surface area contributed by atoms with Gasteiger partial charge in [0.2, 0.25) is 17.7 Å². The smallest absolute Gasteiger partial charge is 0.238 e. The number of imide groups is 1. The highest BCUT2D eigenvalue weighted by molar-refractivity contribution is 8.00. The van der Waals surface area contributed by atoms with Crippen LogP contribution in [0.3, 0.4) is 0 Å². The van der Waals surface area contributed by atoms with Crippen molar-refractivity contribution in [1.29, 1.82) is 0 Å². The van der Waals surface area contributed by atoms with Gasteiger partial charge in [0.25, 0.3) is 0 Å². The molecule has 0 bridgehead atoms. The lowest BCUT2D eigenvalue weighted by Crippen LogP contribution is -2.30. The van der Waals surface area contributed by atoms with Crippen molar-refractivity contribution in [3.8, 4) is 0 Å². The van der Waals surface area contributed by atoms with Gasteiger partial charge in [0.1, 0.15) is 0 Å². The second-order valence-electron chi connectivity index (χ2n) is 7.10. The number of halogens is 2. The first-order chi connectivity index (χ1) is 14.5. The first-order valence-corrected chi connectivity index (χ1v) is 11.2. The maximum atomic E-state index is 12.7.